The molecular formula is C18H28N4O. The van der Waals surface area contributed by atoms with E-state index in [2.05, 4.69) is 21.1 Å². The van der Waals surface area contributed by atoms with Crippen LogP contribution in [0.3, 0.4) is 0 Å². The molecule has 1 amide bonds. The number of hydrogen-bond donors (Lipinski definition) is 2. The third-order valence-corrected chi connectivity index (χ3v) is 6.19. The Morgan fingerprint density at radius 1 is 1.26 bits per heavy atom. The van der Waals surface area contributed by atoms with E-state index >= 15 is 0 Å². The Labute approximate surface area is 138 Å². The van der Waals surface area contributed by atoms with Crippen molar-refractivity contribution in [3.05, 3.63) is 17.7 Å². The lowest BCUT2D eigenvalue weighted by Crippen LogP contribution is -2.49. The third-order valence-electron chi connectivity index (χ3n) is 6.19. The Balaban J connectivity index is 1.34. The van der Waals surface area contributed by atoms with Crippen molar-refractivity contribution >= 4 is 5.91 Å². The number of carbonyl (C=O) groups is 1. The predicted molar refractivity (Wildman–Crippen MR) is 88.5 cm³/mol. The van der Waals surface area contributed by atoms with Crippen LogP contribution in [0, 0.1) is 17.8 Å². The van der Waals surface area contributed by atoms with Crippen molar-refractivity contribution < 1.29 is 4.79 Å². The molecule has 0 spiro atoms. The smallest absolute Gasteiger partial charge is 0.223 e. The molecule has 0 radical (unpaired) electrons. The number of carbonyl (C=O) groups excluding carboxylic acids is 1. The average molecular weight is 316 g/mol. The molecular weight excluding hydrogens is 288 g/mol. The zero-order valence-corrected chi connectivity index (χ0v) is 13.8. The van der Waals surface area contributed by atoms with Crippen LogP contribution in [0.25, 0.3) is 0 Å². The van der Waals surface area contributed by atoms with Crippen LogP contribution in [-0.4, -0.2) is 21.5 Å². The van der Waals surface area contributed by atoms with Crippen LogP contribution < -0.4 is 11.1 Å². The molecule has 0 aromatic carbocycles. The van der Waals surface area contributed by atoms with E-state index in [1.54, 1.807) is 0 Å². The van der Waals surface area contributed by atoms with Gasteiger partial charge in [0.15, 0.2) is 0 Å². The molecule has 2 unspecified atom stereocenters. The Bertz CT molecular complexity index is 544. The number of imidazole rings is 1. The fraction of sp³-hybridized carbons (Fsp3) is 0.778. The lowest BCUT2D eigenvalue weighted by atomic mass is 9.65. The topological polar surface area (TPSA) is 72.9 Å². The lowest BCUT2D eigenvalue weighted by Gasteiger charge is -2.43. The van der Waals surface area contributed by atoms with Gasteiger partial charge < -0.3 is 15.6 Å². The molecule has 2 atom stereocenters. The summed E-state index contributed by atoms with van der Waals surface area (Å²) in [6.45, 7) is 1.64. The fourth-order valence-corrected chi connectivity index (χ4v) is 4.88. The Kier molecular flexibility index (Phi) is 4.14. The molecule has 1 aromatic rings. The Morgan fingerprint density at radius 2 is 2.04 bits per heavy atom. The monoisotopic (exact) mass is 316 g/mol. The largest absolute Gasteiger partial charge is 0.350 e. The summed E-state index contributed by atoms with van der Waals surface area (Å²) in [5.74, 6) is 2.65. The SMILES string of the molecule is NC1C2CCCC1CC(C(=O)NCc1cn3c(n1)CCCC3)C2. The number of amides is 1. The summed E-state index contributed by atoms with van der Waals surface area (Å²) in [4.78, 5) is 17.2. The van der Waals surface area contributed by atoms with Crippen LogP contribution in [0.15, 0.2) is 6.20 Å². The molecule has 2 heterocycles. The maximum Gasteiger partial charge on any atom is 0.223 e. The highest BCUT2D eigenvalue weighted by Crippen LogP contribution is 2.41. The second-order valence-corrected chi connectivity index (χ2v) is 7.71. The molecule has 23 heavy (non-hydrogen) atoms. The third kappa shape index (κ3) is 3.03. The molecule has 2 saturated carbocycles. The number of rotatable bonds is 3. The summed E-state index contributed by atoms with van der Waals surface area (Å²) in [6.07, 6.45) is 11.3. The number of aromatic nitrogens is 2. The van der Waals surface area contributed by atoms with Gasteiger partial charge >= 0.3 is 0 Å². The van der Waals surface area contributed by atoms with Gasteiger partial charge in [-0.25, -0.2) is 4.98 Å². The standard InChI is InChI=1S/C18H28N4O/c19-17-12-4-3-5-13(17)9-14(8-12)18(23)20-10-15-11-22-7-2-1-6-16(22)21-15/h11-14,17H,1-10,19H2,(H,20,23). The normalized spacial score (nSPS) is 33.1. The molecule has 1 aliphatic heterocycles. The van der Waals surface area contributed by atoms with Crippen LogP contribution in [0.4, 0.5) is 0 Å². The first-order valence-electron chi connectivity index (χ1n) is 9.29. The first-order chi connectivity index (χ1) is 11.2. The average Bonchev–Trinajstić information content (AvgIpc) is 2.95. The van der Waals surface area contributed by atoms with Crippen LogP contribution >= 0.6 is 0 Å². The van der Waals surface area contributed by atoms with Crippen LogP contribution in [-0.2, 0) is 24.3 Å². The van der Waals surface area contributed by atoms with Crippen molar-refractivity contribution in [3.8, 4) is 0 Å². The number of nitrogens with one attached hydrogen (secondary N) is 1. The van der Waals surface area contributed by atoms with Gasteiger partial charge in [-0.05, 0) is 50.4 Å². The molecule has 0 saturated heterocycles. The number of nitrogens with zero attached hydrogens (tertiary/aromatic N) is 2. The van der Waals surface area contributed by atoms with Crippen molar-refractivity contribution in [1.29, 1.82) is 0 Å². The quantitative estimate of drug-likeness (QED) is 0.895. The second kappa shape index (κ2) is 6.27. The van der Waals surface area contributed by atoms with Crippen molar-refractivity contribution in [2.24, 2.45) is 23.5 Å². The summed E-state index contributed by atoms with van der Waals surface area (Å²) in [7, 11) is 0. The second-order valence-electron chi connectivity index (χ2n) is 7.71. The fourth-order valence-electron chi connectivity index (χ4n) is 4.88. The van der Waals surface area contributed by atoms with Crippen LogP contribution in [0.1, 0.15) is 56.5 Å². The van der Waals surface area contributed by atoms with Crippen LogP contribution in [0.2, 0.25) is 0 Å². The summed E-state index contributed by atoms with van der Waals surface area (Å²) in [5, 5.41) is 3.13. The Morgan fingerprint density at radius 3 is 2.78 bits per heavy atom. The minimum absolute atomic E-state index is 0.155. The Hall–Kier alpha value is -1.36. The van der Waals surface area contributed by atoms with Gasteiger partial charge in [0.2, 0.25) is 5.91 Å². The molecule has 2 fully saturated rings. The summed E-state index contributed by atoms with van der Waals surface area (Å²) >= 11 is 0. The van der Waals surface area contributed by atoms with Gasteiger partial charge in [-0.15, -0.1) is 0 Å². The number of aryl methyl sites for hydroxylation is 2. The molecule has 4 rings (SSSR count). The van der Waals surface area contributed by atoms with Crippen molar-refractivity contribution in [2.75, 3.05) is 0 Å². The summed E-state index contributed by atoms with van der Waals surface area (Å²) in [5.41, 5.74) is 7.33. The highest BCUT2D eigenvalue weighted by Gasteiger charge is 2.40. The number of fused-ring (bicyclic) bond motifs is 3. The molecule has 2 bridgehead atoms. The van der Waals surface area contributed by atoms with E-state index in [9.17, 15) is 4.79 Å². The van der Waals surface area contributed by atoms with Gasteiger partial charge in [0.05, 0.1) is 12.2 Å². The van der Waals surface area contributed by atoms with Gasteiger partial charge in [0.1, 0.15) is 5.82 Å². The lowest BCUT2D eigenvalue weighted by molar-refractivity contribution is -0.128. The minimum Gasteiger partial charge on any atom is -0.350 e. The highest BCUT2D eigenvalue weighted by molar-refractivity contribution is 5.78. The van der Waals surface area contributed by atoms with E-state index in [-0.39, 0.29) is 11.8 Å². The molecule has 5 heteroatoms. The number of hydrogen-bond acceptors (Lipinski definition) is 3. The molecule has 3 aliphatic rings. The molecule has 1 aromatic heterocycles. The van der Waals surface area contributed by atoms with Gasteiger partial charge in [-0.2, -0.15) is 0 Å². The maximum absolute atomic E-state index is 12.6. The van der Waals surface area contributed by atoms with Crippen molar-refractivity contribution in [2.45, 2.75) is 70.5 Å². The summed E-state index contributed by atoms with van der Waals surface area (Å²) in [6, 6.07) is 0.327. The summed E-state index contributed by atoms with van der Waals surface area (Å²) < 4.78 is 2.25. The molecule has 2 aliphatic carbocycles. The minimum atomic E-state index is 0.155. The van der Waals surface area contributed by atoms with Crippen molar-refractivity contribution in [3.63, 3.8) is 0 Å². The first-order valence-corrected chi connectivity index (χ1v) is 9.29. The van der Waals surface area contributed by atoms with Gasteiger partial charge in [-0.3, -0.25) is 4.79 Å². The highest BCUT2D eigenvalue weighted by atomic mass is 16.1. The predicted octanol–water partition coefficient (Wildman–Crippen LogP) is 1.99. The van der Waals surface area contributed by atoms with E-state index in [0.717, 1.165) is 31.5 Å². The number of nitrogens with two attached hydrogens (primary N) is 1. The van der Waals surface area contributed by atoms with Crippen molar-refractivity contribution in [1.82, 2.24) is 14.9 Å². The first kappa shape index (κ1) is 15.2. The van der Waals surface area contributed by atoms with E-state index in [1.807, 2.05) is 0 Å². The van der Waals surface area contributed by atoms with E-state index in [0.29, 0.717) is 24.4 Å². The van der Waals surface area contributed by atoms with E-state index in [1.165, 1.54) is 37.9 Å². The van der Waals surface area contributed by atoms with E-state index < -0.39 is 0 Å². The maximum atomic E-state index is 12.6. The van der Waals surface area contributed by atoms with Gasteiger partial charge in [0, 0.05) is 31.1 Å². The molecule has 126 valence electrons. The molecule has 5 nitrogen and oxygen atoms in total. The zero-order valence-electron chi connectivity index (χ0n) is 13.8. The van der Waals surface area contributed by atoms with E-state index in [4.69, 9.17) is 5.73 Å². The van der Waals surface area contributed by atoms with Gasteiger partial charge in [0.25, 0.3) is 0 Å². The zero-order chi connectivity index (χ0) is 15.8. The molecule has 3 N–H and O–H groups in total. The van der Waals surface area contributed by atoms with Gasteiger partial charge in [-0.1, -0.05) is 6.42 Å². The van der Waals surface area contributed by atoms with Crippen LogP contribution in [0.5, 0.6) is 0 Å².